The summed E-state index contributed by atoms with van der Waals surface area (Å²) in [7, 11) is 0. The predicted molar refractivity (Wildman–Crippen MR) is 116 cm³/mol. The van der Waals surface area contributed by atoms with Crippen LogP contribution in [-0.2, 0) is 5.92 Å². The van der Waals surface area contributed by atoms with Crippen LogP contribution in [0, 0.1) is 5.82 Å². The second-order valence-electron chi connectivity index (χ2n) is 7.14. The summed E-state index contributed by atoms with van der Waals surface area (Å²) in [5.41, 5.74) is 1.74. The van der Waals surface area contributed by atoms with E-state index >= 15 is 0 Å². The molecular formula is C24H18F3N3O. The first-order valence-electron chi connectivity index (χ1n) is 9.50. The first kappa shape index (κ1) is 20.4. The molecular weight excluding hydrogens is 403 g/mol. The second kappa shape index (κ2) is 8.10. The summed E-state index contributed by atoms with van der Waals surface area (Å²) in [6.07, 6.45) is 3.52. The van der Waals surface area contributed by atoms with Crippen LogP contribution in [-0.4, -0.2) is 11.0 Å². The molecule has 2 N–H and O–H groups in total. The molecule has 1 aromatic heterocycles. The number of amides is 2. The number of rotatable bonds is 4. The standard InChI is InChI=1S/C24H18F3N3O/c1-24(26,27)17-7-10-21(25)22(13-17)30-23(31)29-18-8-5-15(6-9-18)19-4-2-3-16-14-28-12-11-20(16)19/h2-14H,1H3,(H2,29,30,31). The van der Waals surface area contributed by atoms with Gasteiger partial charge in [0.25, 0.3) is 5.92 Å². The zero-order valence-electron chi connectivity index (χ0n) is 16.5. The maximum atomic E-state index is 13.9. The zero-order valence-corrected chi connectivity index (χ0v) is 16.5. The van der Waals surface area contributed by atoms with E-state index in [-0.39, 0.29) is 11.3 Å². The molecule has 4 aromatic rings. The molecule has 0 aliphatic heterocycles. The highest BCUT2D eigenvalue weighted by Crippen LogP contribution is 2.31. The molecule has 0 aliphatic carbocycles. The van der Waals surface area contributed by atoms with Gasteiger partial charge >= 0.3 is 6.03 Å². The highest BCUT2D eigenvalue weighted by molar-refractivity contribution is 6.00. The minimum Gasteiger partial charge on any atom is -0.308 e. The van der Waals surface area contributed by atoms with Crippen LogP contribution in [0.3, 0.4) is 0 Å². The molecule has 0 unspecified atom stereocenters. The van der Waals surface area contributed by atoms with Gasteiger partial charge in [-0.2, -0.15) is 0 Å². The van der Waals surface area contributed by atoms with Gasteiger partial charge in [0, 0.05) is 36.0 Å². The molecule has 0 saturated heterocycles. The van der Waals surface area contributed by atoms with E-state index in [0.717, 1.165) is 40.1 Å². The van der Waals surface area contributed by atoms with Crippen LogP contribution in [0.2, 0.25) is 0 Å². The lowest BCUT2D eigenvalue weighted by Crippen LogP contribution is -2.20. The first-order chi connectivity index (χ1) is 14.8. The Balaban J connectivity index is 1.50. The van der Waals surface area contributed by atoms with Crippen LogP contribution in [0.25, 0.3) is 21.9 Å². The number of halogens is 3. The van der Waals surface area contributed by atoms with Gasteiger partial charge in [-0.1, -0.05) is 36.4 Å². The van der Waals surface area contributed by atoms with Crippen molar-refractivity contribution in [3.63, 3.8) is 0 Å². The molecule has 0 saturated carbocycles. The number of pyridine rings is 1. The molecule has 7 heteroatoms. The van der Waals surface area contributed by atoms with Gasteiger partial charge in [0.15, 0.2) is 0 Å². The summed E-state index contributed by atoms with van der Waals surface area (Å²) in [6.45, 7) is 0.706. The van der Waals surface area contributed by atoms with Gasteiger partial charge in [0.1, 0.15) is 5.82 Å². The largest absolute Gasteiger partial charge is 0.323 e. The van der Waals surface area contributed by atoms with E-state index < -0.39 is 17.8 Å². The number of alkyl halides is 2. The van der Waals surface area contributed by atoms with Crippen LogP contribution in [0.1, 0.15) is 12.5 Å². The Morgan fingerprint density at radius 3 is 2.48 bits per heavy atom. The maximum absolute atomic E-state index is 13.9. The van der Waals surface area contributed by atoms with Gasteiger partial charge in [-0.15, -0.1) is 0 Å². The number of carbonyl (C=O) groups excluding carboxylic acids is 1. The van der Waals surface area contributed by atoms with Crippen molar-refractivity contribution in [1.82, 2.24) is 4.98 Å². The topological polar surface area (TPSA) is 54.0 Å². The average molecular weight is 421 g/mol. The minimum atomic E-state index is -3.14. The van der Waals surface area contributed by atoms with Gasteiger partial charge < -0.3 is 10.6 Å². The number of anilines is 2. The fraction of sp³-hybridized carbons (Fsp3) is 0.0833. The monoisotopic (exact) mass is 421 g/mol. The van der Waals surface area contributed by atoms with Crippen LogP contribution in [0.4, 0.5) is 29.3 Å². The van der Waals surface area contributed by atoms with Crippen molar-refractivity contribution in [3.05, 3.63) is 90.5 Å². The molecule has 3 aromatic carbocycles. The number of hydrogen-bond donors (Lipinski definition) is 2. The summed E-state index contributed by atoms with van der Waals surface area (Å²) in [5.74, 6) is -3.95. The molecule has 0 aliphatic rings. The smallest absolute Gasteiger partial charge is 0.308 e. The third-order valence-corrected chi connectivity index (χ3v) is 4.86. The zero-order chi connectivity index (χ0) is 22.0. The summed E-state index contributed by atoms with van der Waals surface area (Å²) in [6, 6.07) is 17.1. The third kappa shape index (κ3) is 4.50. The third-order valence-electron chi connectivity index (χ3n) is 4.86. The Bertz CT molecular complexity index is 1250. The Morgan fingerprint density at radius 1 is 0.968 bits per heavy atom. The van der Waals surface area contributed by atoms with Crippen molar-refractivity contribution in [1.29, 1.82) is 0 Å². The average Bonchev–Trinajstić information content (AvgIpc) is 2.75. The first-order valence-corrected chi connectivity index (χ1v) is 9.50. The number of hydrogen-bond acceptors (Lipinski definition) is 2. The molecule has 0 fully saturated rings. The molecule has 4 nitrogen and oxygen atoms in total. The van der Waals surface area contributed by atoms with Gasteiger partial charge in [-0.25, -0.2) is 18.0 Å². The summed E-state index contributed by atoms with van der Waals surface area (Å²) in [5, 5.41) is 6.93. The highest BCUT2D eigenvalue weighted by atomic mass is 19.3. The summed E-state index contributed by atoms with van der Waals surface area (Å²) >= 11 is 0. The lowest BCUT2D eigenvalue weighted by molar-refractivity contribution is 0.0174. The van der Waals surface area contributed by atoms with Crippen molar-refractivity contribution in [2.45, 2.75) is 12.8 Å². The number of fused-ring (bicyclic) bond motifs is 1. The Morgan fingerprint density at radius 2 is 1.74 bits per heavy atom. The number of nitrogens with one attached hydrogen (secondary N) is 2. The SMILES string of the molecule is CC(F)(F)c1ccc(F)c(NC(=O)Nc2ccc(-c3cccc4cnccc34)cc2)c1. The fourth-order valence-electron chi connectivity index (χ4n) is 3.29. The van der Waals surface area contributed by atoms with E-state index in [2.05, 4.69) is 15.6 Å². The van der Waals surface area contributed by atoms with E-state index in [1.165, 1.54) is 0 Å². The van der Waals surface area contributed by atoms with Crippen LogP contribution in [0.15, 0.2) is 79.1 Å². The van der Waals surface area contributed by atoms with E-state index in [0.29, 0.717) is 12.6 Å². The van der Waals surface area contributed by atoms with E-state index in [1.807, 2.05) is 36.4 Å². The van der Waals surface area contributed by atoms with Gasteiger partial charge in [-0.3, -0.25) is 4.98 Å². The van der Waals surface area contributed by atoms with Gasteiger partial charge in [0.2, 0.25) is 0 Å². The number of urea groups is 1. The lowest BCUT2D eigenvalue weighted by Gasteiger charge is -2.14. The van der Waals surface area contributed by atoms with Crippen LogP contribution < -0.4 is 10.6 Å². The van der Waals surface area contributed by atoms with Crippen molar-refractivity contribution in [2.24, 2.45) is 0 Å². The Labute approximate surface area is 176 Å². The van der Waals surface area contributed by atoms with Gasteiger partial charge in [-0.05, 0) is 46.8 Å². The lowest BCUT2D eigenvalue weighted by atomic mass is 9.99. The molecule has 2 amide bonds. The maximum Gasteiger partial charge on any atom is 0.323 e. The summed E-state index contributed by atoms with van der Waals surface area (Å²) < 4.78 is 40.9. The molecule has 0 radical (unpaired) electrons. The molecule has 156 valence electrons. The van der Waals surface area contributed by atoms with Crippen LogP contribution >= 0.6 is 0 Å². The minimum absolute atomic E-state index is 0.322. The molecule has 31 heavy (non-hydrogen) atoms. The molecule has 0 spiro atoms. The quantitative estimate of drug-likeness (QED) is 0.381. The van der Waals surface area contributed by atoms with Crippen molar-refractivity contribution in [2.75, 3.05) is 10.6 Å². The highest BCUT2D eigenvalue weighted by Gasteiger charge is 2.25. The molecule has 0 bridgehead atoms. The summed E-state index contributed by atoms with van der Waals surface area (Å²) in [4.78, 5) is 16.4. The number of aromatic nitrogens is 1. The van der Waals surface area contributed by atoms with Crippen molar-refractivity contribution >= 4 is 28.2 Å². The molecule has 1 heterocycles. The number of nitrogens with zero attached hydrogens (tertiary/aromatic N) is 1. The Hall–Kier alpha value is -3.87. The van der Waals surface area contributed by atoms with Gasteiger partial charge in [0.05, 0.1) is 5.69 Å². The second-order valence-corrected chi connectivity index (χ2v) is 7.14. The number of carbonyl (C=O) groups is 1. The van der Waals surface area contributed by atoms with E-state index in [9.17, 15) is 18.0 Å². The predicted octanol–water partition coefficient (Wildman–Crippen LogP) is 6.80. The van der Waals surface area contributed by atoms with Crippen molar-refractivity contribution in [3.8, 4) is 11.1 Å². The van der Waals surface area contributed by atoms with E-state index in [1.54, 1.807) is 24.5 Å². The normalized spacial score (nSPS) is 11.4. The molecule has 0 atom stereocenters. The van der Waals surface area contributed by atoms with Crippen molar-refractivity contribution < 1.29 is 18.0 Å². The number of benzene rings is 3. The van der Waals surface area contributed by atoms with Crippen LogP contribution in [0.5, 0.6) is 0 Å². The van der Waals surface area contributed by atoms with E-state index in [4.69, 9.17) is 0 Å². The molecule has 4 rings (SSSR count). The fourth-order valence-corrected chi connectivity index (χ4v) is 3.29. The Kier molecular flexibility index (Phi) is 5.33.